The molecule has 3 atom stereocenters. The fourth-order valence-electron chi connectivity index (χ4n) is 3.92. The van der Waals surface area contributed by atoms with Crippen LogP contribution in [0.2, 0.25) is 0 Å². The zero-order chi connectivity index (χ0) is 21.5. The van der Waals surface area contributed by atoms with Gasteiger partial charge in [0.25, 0.3) is 0 Å². The number of anilines is 2. The highest BCUT2D eigenvalue weighted by molar-refractivity contribution is 5.86. The third-order valence-electron chi connectivity index (χ3n) is 5.62. The smallest absolute Gasteiger partial charge is 0.146 e. The molecule has 0 amide bonds. The topological polar surface area (TPSA) is 131 Å². The van der Waals surface area contributed by atoms with Crippen LogP contribution in [0.1, 0.15) is 6.04 Å². The largest absolute Gasteiger partial charge is 0.489 e. The van der Waals surface area contributed by atoms with Gasteiger partial charge in [0.2, 0.25) is 0 Å². The predicted octanol–water partition coefficient (Wildman–Crippen LogP) is 1.89. The van der Waals surface area contributed by atoms with E-state index < -0.39 is 18.2 Å². The average Bonchev–Trinajstić information content (AvgIpc) is 3.34. The van der Waals surface area contributed by atoms with Gasteiger partial charge in [-0.15, -0.1) is 0 Å². The molecule has 1 aliphatic rings. The maximum atomic E-state index is 10.7. The van der Waals surface area contributed by atoms with Crippen LogP contribution < -0.4 is 15.8 Å². The third-order valence-corrected chi connectivity index (χ3v) is 5.62. The van der Waals surface area contributed by atoms with E-state index in [9.17, 15) is 10.2 Å². The molecule has 0 saturated carbocycles. The lowest BCUT2D eigenvalue weighted by Crippen LogP contribution is -2.30. The van der Waals surface area contributed by atoms with Gasteiger partial charge in [0.15, 0.2) is 0 Å². The van der Waals surface area contributed by atoms with Gasteiger partial charge in [-0.25, -0.2) is 15.0 Å². The molecule has 9 heteroatoms. The number of nitrogens with zero attached hydrogens (tertiary/aromatic N) is 4. The number of nitrogens with two attached hydrogens (primary N) is 1. The number of rotatable bonds is 5. The molecule has 158 valence electrons. The molecule has 0 fully saturated rings. The van der Waals surface area contributed by atoms with Gasteiger partial charge in [-0.2, -0.15) is 0 Å². The van der Waals surface area contributed by atoms with Crippen molar-refractivity contribution >= 4 is 33.6 Å². The third kappa shape index (κ3) is 3.33. The Morgan fingerprint density at radius 3 is 2.84 bits per heavy atom. The molecule has 0 spiro atoms. The van der Waals surface area contributed by atoms with Crippen molar-refractivity contribution in [3.63, 3.8) is 0 Å². The number of aromatic nitrogens is 4. The van der Waals surface area contributed by atoms with Crippen molar-refractivity contribution in [1.82, 2.24) is 19.5 Å². The van der Waals surface area contributed by atoms with Gasteiger partial charge in [0.05, 0.1) is 16.9 Å². The summed E-state index contributed by atoms with van der Waals surface area (Å²) in [7, 11) is 1.82. The summed E-state index contributed by atoms with van der Waals surface area (Å²) < 4.78 is 7.69. The monoisotopic (exact) mass is 418 g/mol. The van der Waals surface area contributed by atoms with Crippen molar-refractivity contribution in [1.29, 1.82) is 0 Å². The second kappa shape index (κ2) is 7.53. The maximum absolute atomic E-state index is 10.7. The van der Waals surface area contributed by atoms with Crippen LogP contribution in [-0.4, -0.2) is 55.6 Å². The molecule has 0 aliphatic heterocycles. The normalized spacial score (nSPS) is 20.9. The quantitative estimate of drug-likeness (QED) is 0.361. The number of hydrogen-bond donors (Lipinski definition) is 4. The molecule has 0 saturated heterocycles. The number of aliphatic hydroxyl groups is 2. The van der Waals surface area contributed by atoms with Crippen LogP contribution in [0, 0.1) is 0 Å². The van der Waals surface area contributed by atoms with E-state index in [4.69, 9.17) is 10.5 Å². The first-order valence-electron chi connectivity index (χ1n) is 9.90. The van der Waals surface area contributed by atoms with Crippen molar-refractivity contribution in [2.24, 2.45) is 0 Å². The highest BCUT2D eigenvalue weighted by atomic mass is 16.5. The minimum atomic E-state index is -1.05. The van der Waals surface area contributed by atoms with E-state index in [1.54, 1.807) is 16.8 Å². The molecule has 1 aromatic carbocycles. The van der Waals surface area contributed by atoms with Gasteiger partial charge in [0.1, 0.15) is 48.2 Å². The Labute approximate surface area is 177 Å². The summed E-state index contributed by atoms with van der Waals surface area (Å²) in [4.78, 5) is 12.8. The van der Waals surface area contributed by atoms with Gasteiger partial charge in [0, 0.05) is 24.7 Å². The Hall–Kier alpha value is -3.69. The minimum Gasteiger partial charge on any atom is -0.489 e. The maximum Gasteiger partial charge on any atom is 0.146 e. The first-order valence-corrected chi connectivity index (χ1v) is 9.90. The molecule has 9 nitrogen and oxygen atoms in total. The zero-order valence-electron chi connectivity index (χ0n) is 16.8. The molecular weight excluding hydrogens is 396 g/mol. The van der Waals surface area contributed by atoms with Crippen LogP contribution in [0.25, 0.3) is 21.9 Å². The van der Waals surface area contributed by atoms with Crippen molar-refractivity contribution in [3.05, 3.63) is 60.6 Å². The fourth-order valence-corrected chi connectivity index (χ4v) is 3.92. The Morgan fingerprint density at radius 1 is 1.16 bits per heavy atom. The van der Waals surface area contributed by atoms with Crippen molar-refractivity contribution < 1.29 is 14.9 Å². The Kier molecular flexibility index (Phi) is 4.68. The molecule has 1 aliphatic carbocycles. The van der Waals surface area contributed by atoms with E-state index in [0.717, 1.165) is 16.7 Å². The van der Waals surface area contributed by atoms with Gasteiger partial charge >= 0.3 is 0 Å². The van der Waals surface area contributed by atoms with Crippen LogP contribution in [0.15, 0.2) is 60.6 Å². The number of benzene rings is 1. The molecule has 4 aromatic rings. The van der Waals surface area contributed by atoms with E-state index >= 15 is 0 Å². The first-order chi connectivity index (χ1) is 15.0. The minimum absolute atomic E-state index is 0.141. The van der Waals surface area contributed by atoms with Crippen molar-refractivity contribution in [2.75, 3.05) is 24.7 Å². The molecule has 0 radical (unpaired) electrons. The Bertz CT molecular complexity index is 1300. The molecule has 31 heavy (non-hydrogen) atoms. The van der Waals surface area contributed by atoms with E-state index in [1.165, 1.54) is 6.33 Å². The van der Waals surface area contributed by atoms with E-state index in [2.05, 4.69) is 20.3 Å². The van der Waals surface area contributed by atoms with E-state index in [0.29, 0.717) is 28.2 Å². The lowest BCUT2D eigenvalue weighted by Gasteiger charge is -2.19. The molecule has 3 unspecified atom stereocenters. The Morgan fingerprint density at radius 2 is 2.00 bits per heavy atom. The summed E-state index contributed by atoms with van der Waals surface area (Å²) >= 11 is 0. The van der Waals surface area contributed by atoms with Crippen LogP contribution in [0.4, 0.5) is 11.6 Å². The first kappa shape index (κ1) is 19.3. The molecule has 0 bridgehead atoms. The summed E-state index contributed by atoms with van der Waals surface area (Å²) in [6.45, 7) is 0.141. The van der Waals surface area contributed by atoms with Crippen molar-refractivity contribution in [3.8, 4) is 5.75 Å². The number of aliphatic hydroxyl groups excluding tert-OH is 2. The van der Waals surface area contributed by atoms with Gasteiger partial charge in [-0.1, -0.05) is 6.08 Å². The number of fused-ring (bicyclic) bond motifs is 2. The summed E-state index contributed by atoms with van der Waals surface area (Å²) in [6, 6.07) is 10.9. The van der Waals surface area contributed by atoms with Crippen LogP contribution in [0.3, 0.4) is 0 Å². The summed E-state index contributed by atoms with van der Waals surface area (Å²) in [5.41, 5.74) is 7.91. The summed E-state index contributed by atoms with van der Waals surface area (Å²) in [6.07, 6.45) is 2.90. The van der Waals surface area contributed by atoms with E-state index in [1.807, 2.05) is 43.5 Å². The van der Waals surface area contributed by atoms with Crippen LogP contribution >= 0.6 is 0 Å². The Balaban J connectivity index is 1.39. The number of nitrogen functional groups attached to an aromatic ring is 1. The lowest BCUT2D eigenvalue weighted by atomic mass is 10.1. The highest BCUT2D eigenvalue weighted by Crippen LogP contribution is 2.33. The molecule has 3 aromatic heterocycles. The molecule has 5 rings (SSSR count). The van der Waals surface area contributed by atoms with Gasteiger partial charge in [-0.3, -0.25) is 0 Å². The predicted molar refractivity (Wildman–Crippen MR) is 118 cm³/mol. The van der Waals surface area contributed by atoms with Crippen molar-refractivity contribution in [2.45, 2.75) is 18.2 Å². The molecule has 5 N–H and O–H groups in total. The van der Waals surface area contributed by atoms with Crippen LogP contribution in [0.5, 0.6) is 5.75 Å². The summed E-state index contributed by atoms with van der Waals surface area (Å²) in [5.74, 6) is 1.77. The number of ether oxygens (including phenoxy) is 1. The fraction of sp³-hybridized carbons (Fsp3) is 0.227. The number of pyridine rings is 1. The second-order valence-electron chi connectivity index (χ2n) is 7.48. The van der Waals surface area contributed by atoms with Gasteiger partial charge in [-0.05, 0) is 35.9 Å². The van der Waals surface area contributed by atoms with Gasteiger partial charge < -0.3 is 30.6 Å². The van der Waals surface area contributed by atoms with Crippen LogP contribution in [-0.2, 0) is 0 Å². The number of hydrogen-bond acceptors (Lipinski definition) is 8. The standard InChI is InChI=1S/C22H22N6O3/c1-24-18-5-3-12-2-4-14(9-16(12)27-18)31-10-13-8-17(20(30)19(13)29)28-7-6-15-21(23)25-11-26-22(15)28/h2-9,11,17,19-20,29-30H,10H2,1H3,(H,24,27)(H2,23,25,26). The molecule has 3 heterocycles. The lowest BCUT2D eigenvalue weighted by molar-refractivity contribution is 0.0295. The summed E-state index contributed by atoms with van der Waals surface area (Å²) in [5, 5.41) is 26.0. The molecular formula is C22H22N6O3. The number of nitrogens with one attached hydrogen (secondary N) is 1. The SMILES string of the molecule is CNc1ccc2ccc(OCC3=CC(n4ccc5c(N)ncnc54)C(O)C3O)cc2n1. The zero-order valence-corrected chi connectivity index (χ0v) is 16.8. The second-order valence-corrected chi connectivity index (χ2v) is 7.48. The van der Waals surface area contributed by atoms with E-state index in [-0.39, 0.29) is 6.61 Å². The average molecular weight is 418 g/mol. The highest BCUT2D eigenvalue weighted by Gasteiger charge is 2.36.